The molecular weight excluding hydrogens is 335 g/mol. The van der Waals surface area contributed by atoms with E-state index < -0.39 is 5.97 Å². The lowest BCUT2D eigenvalue weighted by molar-refractivity contribution is 0.0695. The van der Waals surface area contributed by atoms with Crippen molar-refractivity contribution < 1.29 is 9.90 Å². The normalized spacial score (nSPS) is 9.83. The van der Waals surface area contributed by atoms with E-state index >= 15 is 0 Å². The summed E-state index contributed by atoms with van der Waals surface area (Å²) in [5.41, 5.74) is 1.38. The third-order valence-corrected chi connectivity index (χ3v) is 3.33. The molecule has 4 heteroatoms. The van der Waals surface area contributed by atoms with Crippen molar-refractivity contribution in [3.8, 4) is 0 Å². The van der Waals surface area contributed by atoms with E-state index in [1.165, 1.54) is 0 Å². The molecule has 0 aliphatic rings. The van der Waals surface area contributed by atoms with Crippen LogP contribution in [0.25, 0.3) is 0 Å². The lowest BCUT2D eigenvalue weighted by Gasteiger charge is -2.02. The molecule has 0 saturated heterocycles. The summed E-state index contributed by atoms with van der Waals surface area (Å²) in [6, 6.07) is 5.27. The number of carboxylic acid groups (broad SMARTS) is 1. The van der Waals surface area contributed by atoms with Crippen molar-refractivity contribution in [2.45, 2.75) is 5.33 Å². The first-order chi connectivity index (χ1) is 5.66. The van der Waals surface area contributed by atoms with Gasteiger partial charge >= 0.3 is 5.97 Å². The fourth-order valence-corrected chi connectivity index (χ4v) is 2.62. The van der Waals surface area contributed by atoms with Crippen molar-refractivity contribution >= 4 is 44.5 Å². The Morgan fingerprint density at radius 2 is 2.25 bits per heavy atom. The largest absolute Gasteiger partial charge is 0.478 e. The Bertz CT molecular complexity index is 312. The number of rotatable bonds is 2. The highest BCUT2D eigenvalue weighted by atomic mass is 127. The Morgan fingerprint density at radius 3 is 2.75 bits per heavy atom. The number of carboxylic acids is 1. The molecule has 64 valence electrons. The lowest BCUT2D eigenvalue weighted by atomic mass is 10.1. The van der Waals surface area contributed by atoms with E-state index in [0.29, 0.717) is 10.9 Å². The van der Waals surface area contributed by atoms with Crippen molar-refractivity contribution in [3.63, 3.8) is 0 Å². The van der Waals surface area contributed by atoms with Crippen LogP contribution in [-0.4, -0.2) is 11.1 Å². The van der Waals surface area contributed by atoms with Gasteiger partial charge in [0.05, 0.1) is 5.56 Å². The smallest absolute Gasteiger partial charge is 0.336 e. The second-order valence-corrected chi connectivity index (χ2v) is 3.86. The van der Waals surface area contributed by atoms with Crippen LogP contribution in [0.5, 0.6) is 0 Å². The van der Waals surface area contributed by atoms with Gasteiger partial charge in [-0.15, -0.1) is 0 Å². The predicted molar refractivity (Wildman–Crippen MR) is 58.7 cm³/mol. The molecule has 1 aromatic rings. The van der Waals surface area contributed by atoms with Crippen LogP contribution in [-0.2, 0) is 5.33 Å². The SMILES string of the molecule is O=C(O)c1cccc(CBr)c1I. The predicted octanol–water partition coefficient (Wildman–Crippen LogP) is 2.88. The summed E-state index contributed by atoms with van der Waals surface area (Å²) < 4.78 is 0.805. The van der Waals surface area contributed by atoms with E-state index in [2.05, 4.69) is 15.9 Å². The summed E-state index contributed by atoms with van der Waals surface area (Å²) in [4.78, 5) is 10.7. The maximum absolute atomic E-state index is 10.7. The van der Waals surface area contributed by atoms with Gasteiger partial charge in [0, 0.05) is 8.90 Å². The highest BCUT2D eigenvalue weighted by molar-refractivity contribution is 14.1. The minimum absolute atomic E-state index is 0.368. The number of hydrogen-bond acceptors (Lipinski definition) is 1. The van der Waals surface area contributed by atoms with Crippen LogP contribution >= 0.6 is 38.5 Å². The minimum atomic E-state index is -0.873. The molecule has 0 fully saturated rings. The van der Waals surface area contributed by atoms with Crippen molar-refractivity contribution in [3.05, 3.63) is 32.9 Å². The standard InChI is InChI=1S/C8H6BrIO2/c9-4-5-2-1-3-6(7(5)10)8(11)12/h1-3H,4H2,(H,11,12). The number of carbonyl (C=O) groups is 1. The van der Waals surface area contributed by atoms with Crippen LogP contribution in [0, 0.1) is 3.57 Å². The maximum Gasteiger partial charge on any atom is 0.336 e. The van der Waals surface area contributed by atoms with Gasteiger partial charge in [-0.25, -0.2) is 4.79 Å². The van der Waals surface area contributed by atoms with Crippen LogP contribution in [0.2, 0.25) is 0 Å². The van der Waals surface area contributed by atoms with Crippen molar-refractivity contribution in [1.82, 2.24) is 0 Å². The zero-order valence-corrected chi connectivity index (χ0v) is 9.79. The number of benzene rings is 1. The van der Waals surface area contributed by atoms with E-state index in [1.807, 2.05) is 28.7 Å². The van der Waals surface area contributed by atoms with E-state index in [0.717, 1.165) is 9.13 Å². The molecule has 2 nitrogen and oxygen atoms in total. The molecule has 1 aromatic carbocycles. The highest BCUT2D eigenvalue weighted by Crippen LogP contribution is 2.19. The van der Waals surface area contributed by atoms with Crippen molar-refractivity contribution in [2.24, 2.45) is 0 Å². The topological polar surface area (TPSA) is 37.3 Å². The summed E-state index contributed by atoms with van der Waals surface area (Å²) in [5.74, 6) is -0.873. The third-order valence-electron chi connectivity index (χ3n) is 1.45. The fourth-order valence-electron chi connectivity index (χ4n) is 0.848. The average molecular weight is 341 g/mol. The summed E-state index contributed by atoms with van der Waals surface area (Å²) in [6.45, 7) is 0. The Labute approximate surface area is 92.2 Å². The number of aromatic carboxylic acids is 1. The second-order valence-electron chi connectivity index (χ2n) is 2.22. The molecule has 12 heavy (non-hydrogen) atoms. The molecule has 0 bridgehead atoms. The van der Waals surface area contributed by atoms with E-state index in [-0.39, 0.29) is 0 Å². The van der Waals surface area contributed by atoms with Gasteiger partial charge in [0.1, 0.15) is 0 Å². The van der Waals surface area contributed by atoms with Crippen LogP contribution in [0.15, 0.2) is 18.2 Å². The highest BCUT2D eigenvalue weighted by Gasteiger charge is 2.09. The molecule has 0 saturated carbocycles. The zero-order chi connectivity index (χ0) is 9.14. The van der Waals surface area contributed by atoms with Crippen LogP contribution in [0.3, 0.4) is 0 Å². The fraction of sp³-hybridized carbons (Fsp3) is 0.125. The summed E-state index contributed by atoms with van der Waals surface area (Å²) in [6.07, 6.45) is 0. The van der Waals surface area contributed by atoms with Gasteiger partial charge in [0.25, 0.3) is 0 Å². The van der Waals surface area contributed by atoms with Gasteiger partial charge in [-0.05, 0) is 34.2 Å². The first-order valence-corrected chi connectivity index (χ1v) is 5.43. The van der Waals surface area contributed by atoms with Gasteiger partial charge in [-0.3, -0.25) is 0 Å². The summed E-state index contributed by atoms with van der Waals surface area (Å²) in [5, 5.41) is 9.45. The molecule has 1 N–H and O–H groups in total. The molecule has 0 heterocycles. The first kappa shape index (κ1) is 9.98. The van der Waals surface area contributed by atoms with E-state index in [1.54, 1.807) is 12.1 Å². The Morgan fingerprint density at radius 1 is 1.58 bits per heavy atom. The van der Waals surface area contributed by atoms with Gasteiger partial charge in [0.2, 0.25) is 0 Å². The van der Waals surface area contributed by atoms with Gasteiger partial charge in [-0.2, -0.15) is 0 Å². The molecule has 0 unspecified atom stereocenters. The number of halogens is 2. The van der Waals surface area contributed by atoms with Crippen LogP contribution in [0.1, 0.15) is 15.9 Å². The molecule has 0 radical (unpaired) electrons. The van der Waals surface area contributed by atoms with Gasteiger partial charge in [0.15, 0.2) is 0 Å². The molecule has 0 amide bonds. The Kier molecular flexibility index (Phi) is 3.52. The Balaban J connectivity index is 3.23. The molecule has 0 atom stereocenters. The summed E-state index contributed by atoms with van der Waals surface area (Å²) >= 11 is 5.34. The zero-order valence-electron chi connectivity index (χ0n) is 6.05. The molecule has 0 spiro atoms. The maximum atomic E-state index is 10.7. The third kappa shape index (κ3) is 1.98. The van der Waals surface area contributed by atoms with Crippen LogP contribution in [0.4, 0.5) is 0 Å². The number of alkyl halides is 1. The quantitative estimate of drug-likeness (QED) is 0.664. The number of hydrogen-bond donors (Lipinski definition) is 1. The second kappa shape index (κ2) is 4.23. The first-order valence-electron chi connectivity index (χ1n) is 3.23. The molecule has 0 aliphatic carbocycles. The van der Waals surface area contributed by atoms with Gasteiger partial charge in [-0.1, -0.05) is 28.1 Å². The molecular formula is C8H6BrIO2. The van der Waals surface area contributed by atoms with Gasteiger partial charge < -0.3 is 5.11 Å². The van der Waals surface area contributed by atoms with E-state index in [4.69, 9.17) is 5.11 Å². The van der Waals surface area contributed by atoms with E-state index in [9.17, 15) is 4.79 Å². The minimum Gasteiger partial charge on any atom is -0.478 e. The Hall–Kier alpha value is -0.100. The lowest BCUT2D eigenvalue weighted by Crippen LogP contribution is -2.01. The molecule has 0 aliphatic heterocycles. The van der Waals surface area contributed by atoms with Crippen molar-refractivity contribution in [2.75, 3.05) is 0 Å². The molecule has 0 aromatic heterocycles. The summed E-state index contributed by atoms with van der Waals surface area (Å²) in [7, 11) is 0. The average Bonchev–Trinajstić information content (AvgIpc) is 2.04. The molecule has 1 rings (SSSR count). The van der Waals surface area contributed by atoms with Crippen LogP contribution < -0.4 is 0 Å². The monoisotopic (exact) mass is 340 g/mol. The van der Waals surface area contributed by atoms with Crippen molar-refractivity contribution in [1.29, 1.82) is 0 Å².